The molecule has 1 aromatic heterocycles. The van der Waals surface area contributed by atoms with Gasteiger partial charge < -0.3 is 4.74 Å². The first kappa shape index (κ1) is 14.7. The molecular weight excluding hydrogens is 345 g/mol. The van der Waals surface area contributed by atoms with Crippen molar-refractivity contribution in [2.24, 2.45) is 0 Å². The van der Waals surface area contributed by atoms with E-state index in [-0.39, 0.29) is 5.82 Å². The predicted molar refractivity (Wildman–Crippen MR) is 88.1 cm³/mol. The third-order valence-corrected chi connectivity index (χ3v) is 3.70. The highest BCUT2D eigenvalue weighted by molar-refractivity contribution is 9.10. The van der Waals surface area contributed by atoms with Gasteiger partial charge in [-0.15, -0.1) is 0 Å². The van der Waals surface area contributed by atoms with Crippen LogP contribution in [0.4, 0.5) is 4.39 Å². The van der Waals surface area contributed by atoms with Gasteiger partial charge in [0.2, 0.25) is 0 Å². The smallest absolute Gasteiger partial charge is 0.134 e. The van der Waals surface area contributed by atoms with Gasteiger partial charge in [0.05, 0.1) is 0 Å². The van der Waals surface area contributed by atoms with Crippen LogP contribution in [0.5, 0.6) is 5.75 Å². The van der Waals surface area contributed by atoms with E-state index in [0.29, 0.717) is 17.9 Å². The molecule has 3 aromatic rings. The van der Waals surface area contributed by atoms with Crippen molar-refractivity contribution in [2.75, 3.05) is 0 Å². The van der Waals surface area contributed by atoms with Crippen LogP contribution in [-0.2, 0) is 6.61 Å². The third kappa shape index (κ3) is 3.52. The summed E-state index contributed by atoms with van der Waals surface area (Å²) in [6.45, 7) is 0.416. The summed E-state index contributed by atoms with van der Waals surface area (Å²) in [5.74, 6) is 0.185. The van der Waals surface area contributed by atoms with Gasteiger partial charge in [-0.3, -0.25) is 0 Å². The van der Waals surface area contributed by atoms with Crippen LogP contribution < -0.4 is 4.74 Å². The van der Waals surface area contributed by atoms with Gasteiger partial charge in [0.15, 0.2) is 0 Å². The molecule has 0 bridgehead atoms. The Kier molecular flexibility index (Phi) is 4.49. The standard InChI is InChI=1S/C18H13BrFNO/c19-18-9-6-14(11-21-18)16-8-7-15(10-17(16)20)22-12-13-4-2-1-3-5-13/h1-11H,12H2. The highest BCUT2D eigenvalue weighted by atomic mass is 79.9. The Balaban J connectivity index is 1.76. The van der Waals surface area contributed by atoms with E-state index in [9.17, 15) is 4.39 Å². The summed E-state index contributed by atoms with van der Waals surface area (Å²) in [5, 5.41) is 0. The zero-order chi connectivity index (χ0) is 15.4. The van der Waals surface area contributed by atoms with Crippen molar-refractivity contribution in [3.63, 3.8) is 0 Å². The molecule has 0 fully saturated rings. The number of aromatic nitrogens is 1. The number of hydrogen-bond acceptors (Lipinski definition) is 2. The minimum absolute atomic E-state index is 0.324. The predicted octanol–water partition coefficient (Wildman–Crippen LogP) is 5.23. The van der Waals surface area contributed by atoms with Gasteiger partial charge in [0.1, 0.15) is 22.8 Å². The zero-order valence-electron chi connectivity index (χ0n) is 11.7. The highest BCUT2D eigenvalue weighted by Gasteiger charge is 2.07. The number of rotatable bonds is 4. The van der Waals surface area contributed by atoms with Gasteiger partial charge in [0.25, 0.3) is 0 Å². The Bertz CT molecular complexity index is 760. The van der Waals surface area contributed by atoms with Gasteiger partial charge in [-0.25, -0.2) is 9.37 Å². The van der Waals surface area contributed by atoms with Crippen molar-refractivity contribution in [3.8, 4) is 16.9 Å². The average Bonchev–Trinajstić information content (AvgIpc) is 2.55. The number of hydrogen-bond donors (Lipinski definition) is 0. The summed E-state index contributed by atoms with van der Waals surface area (Å²) < 4.78 is 20.6. The summed E-state index contributed by atoms with van der Waals surface area (Å²) in [7, 11) is 0. The number of ether oxygens (including phenoxy) is 1. The molecule has 0 spiro atoms. The molecule has 0 aliphatic rings. The number of halogens is 2. The molecule has 0 saturated carbocycles. The first-order valence-electron chi connectivity index (χ1n) is 6.80. The summed E-state index contributed by atoms with van der Waals surface area (Å²) >= 11 is 3.27. The summed E-state index contributed by atoms with van der Waals surface area (Å²) in [4.78, 5) is 4.11. The van der Waals surface area contributed by atoms with Crippen molar-refractivity contribution in [1.82, 2.24) is 4.98 Å². The van der Waals surface area contributed by atoms with Crippen LogP contribution in [0, 0.1) is 5.82 Å². The molecule has 0 unspecified atom stereocenters. The minimum atomic E-state index is -0.324. The number of pyridine rings is 1. The van der Waals surface area contributed by atoms with Crippen LogP contribution in [0.25, 0.3) is 11.1 Å². The molecule has 110 valence electrons. The van der Waals surface area contributed by atoms with Gasteiger partial charge in [-0.1, -0.05) is 36.4 Å². The van der Waals surface area contributed by atoms with E-state index in [0.717, 1.165) is 15.7 Å². The van der Waals surface area contributed by atoms with E-state index in [2.05, 4.69) is 20.9 Å². The zero-order valence-corrected chi connectivity index (χ0v) is 13.3. The Morgan fingerprint density at radius 3 is 2.50 bits per heavy atom. The van der Waals surface area contributed by atoms with Crippen LogP contribution in [0.1, 0.15) is 5.56 Å². The number of nitrogens with zero attached hydrogens (tertiary/aromatic N) is 1. The van der Waals surface area contributed by atoms with E-state index < -0.39 is 0 Å². The SMILES string of the molecule is Fc1cc(OCc2ccccc2)ccc1-c1ccc(Br)nc1. The number of benzene rings is 2. The van der Waals surface area contributed by atoms with Gasteiger partial charge in [-0.2, -0.15) is 0 Å². The van der Waals surface area contributed by atoms with E-state index in [1.54, 1.807) is 24.4 Å². The second kappa shape index (κ2) is 6.71. The lowest BCUT2D eigenvalue weighted by atomic mass is 10.1. The normalized spacial score (nSPS) is 10.5. The second-order valence-electron chi connectivity index (χ2n) is 4.79. The fourth-order valence-corrected chi connectivity index (χ4v) is 2.33. The molecule has 22 heavy (non-hydrogen) atoms. The molecule has 0 radical (unpaired) electrons. The van der Waals surface area contributed by atoms with Crippen molar-refractivity contribution >= 4 is 15.9 Å². The molecule has 4 heteroatoms. The molecule has 0 amide bonds. The van der Waals surface area contributed by atoms with Crippen molar-refractivity contribution in [2.45, 2.75) is 6.61 Å². The monoisotopic (exact) mass is 357 g/mol. The van der Waals surface area contributed by atoms with Crippen molar-refractivity contribution in [3.05, 3.63) is 82.8 Å². The Hall–Kier alpha value is -2.20. The quantitative estimate of drug-likeness (QED) is 0.596. The highest BCUT2D eigenvalue weighted by Crippen LogP contribution is 2.26. The maximum atomic E-state index is 14.2. The van der Waals surface area contributed by atoms with Crippen LogP contribution in [0.15, 0.2) is 71.5 Å². The summed E-state index contributed by atoms with van der Waals surface area (Å²) in [5.41, 5.74) is 2.28. The van der Waals surface area contributed by atoms with Crippen molar-refractivity contribution < 1.29 is 9.13 Å². The maximum absolute atomic E-state index is 14.2. The topological polar surface area (TPSA) is 22.1 Å². The molecule has 0 N–H and O–H groups in total. The Morgan fingerprint density at radius 2 is 1.82 bits per heavy atom. The lowest BCUT2D eigenvalue weighted by Crippen LogP contribution is -1.96. The lowest BCUT2D eigenvalue weighted by molar-refractivity contribution is 0.304. The van der Waals surface area contributed by atoms with Crippen LogP contribution in [-0.4, -0.2) is 4.98 Å². The summed E-state index contributed by atoms with van der Waals surface area (Å²) in [6.07, 6.45) is 1.63. The van der Waals surface area contributed by atoms with Gasteiger partial charge in [-0.05, 0) is 39.7 Å². The van der Waals surface area contributed by atoms with E-state index >= 15 is 0 Å². The molecule has 0 aliphatic carbocycles. The van der Waals surface area contributed by atoms with Crippen LogP contribution in [0.3, 0.4) is 0 Å². The molecule has 0 saturated heterocycles. The third-order valence-electron chi connectivity index (χ3n) is 3.23. The van der Waals surface area contributed by atoms with Crippen molar-refractivity contribution in [1.29, 1.82) is 0 Å². The van der Waals surface area contributed by atoms with Crippen LogP contribution >= 0.6 is 15.9 Å². The second-order valence-corrected chi connectivity index (χ2v) is 5.60. The maximum Gasteiger partial charge on any atom is 0.134 e. The van der Waals surface area contributed by atoms with E-state index in [1.807, 2.05) is 36.4 Å². The molecule has 2 aromatic carbocycles. The van der Waals surface area contributed by atoms with Crippen LogP contribution in [0.2, 0.25) is 0 Å². The van der Waals surface area contributed by atoms with Gasteiger partial charge in [0, 0.05) is 23.4 Å². The molecule has 0 aliphatic heterocycles. The first-order chi connectivity index (χ1) is 10.7. The molecule has 3 rings (SSSR count). The molecule has 1 heterocycles. The average molecular weight is 358 g/mol. The van der Waals surface area contributed by atoms with Gasteiger partial charge >= 0.3 is 0 Å². The molecular formula is C18H13BrFNO. The first-order valence-corrected chi connectivity index (χ1v) is 7.60. The fraction of sp³-hybridized carbons (Fsp3) is 0.0556. The Morgan fingerprint density at radius 1 is 1.00 bits per heavy atom. The molecule has 0 atom stereocenters. The molecule has 2 nitrogen and oxygen atoms in total. The Labute approximate surface area is 136 Å². The largest absolute Gasteiger partial charge is 0.489 e. The van der Waals surface area contributed by atoms with E-state index in [4.69, 9.17) is 4.74 Å². The van der Waals surface area contributed by atoms with E-state index in [1.165, 1.54) is 6.07 Å². The lowest BCUT2D eigenvalue weighted by Gasteiger charge is -2.09. The minimum Gasteiger partial charge on any atom is -0.489 e. The fourth-order valence-electron chi connectivity index (χ4n) is 2.10. The summed E-state index contributed by atoms with van der Waals surface area (Å²) in [6, 6.07) is 18.3.